The van der Waals surface area contributed by atoms with Gasteiger partial charge in [0.25, 0.3) is 0 Å². The van der Waals surface area contributed by atoms with Crippen molar-refractivity contribution in [3.05, 3.63) is 30.3 Å². The van der Waals surface area contributed by atoms with Crippen LogP contribution in [-0.4, -0.2) is 20.4 Å². The van der Waals surface area contributed by atoms with Crippen LogP contribution in [0.4, 0.5) is 0 Å². The first-order valence-corrected chi connectivity index (χ1v) is 12.0. The smallest absolute Gasteiger partial charge is 0.119 e. The molecule has 2 rings (SSSR count). The van der Waals surface area contributed by atoms with Crippen LogP contribution >= 0.6 is 0 Å². The van der Waals surface area contributed by atoms with Crippen molar-refractivity contribution < 1.29 is 4.74 Å². The summed E-state index contributed by atoms with van der Waals surface area (Å²) in [6.07, 6.45) is 10.7. The van der Waals surface area contributed by atoms with E-state index in [-0.39, 0.29) is 0 Å². The van der Waals surface area contributed by atoms with E-state index in [0.29, 0.717) is 5.73 Å². The molecule has 0 amide bonds. The van der Waals surface area contributed by atoms with Crippen LogP contribution in [0.1, 0.15) is 65.2 Å². The number of unbranched alkanes of at least 4 members (excludes halogenated alkanes) is 3. The Kier molecular flexibility index (Phi) is 7.68. The van der Waals surface area contributed by atoms with E-state index in [4.69, 9.17) is 4.74 Å². The molecule has 0 aliphatic carbocycles. The van der Waals surface area contributed by atoms with Gasteiger partial charge in [-0.2, -0.15) is 0 Å². The fourth-order valence-electron chi connectivity index (χ4n) is 4.18. The Morgan fingerprint density at radius 3 is 2.41 bits per heavy atom. The lowest BCUT2D eigenvalue weighted by Gasteiger charge is -2.41. The molecular formula is C20H34OSi. The highest BCUT2D eigenvalue weighted by atomic mass is 28.3. The molecule has 1 nitrogen and oxygen atoms in total. The summed E-state index contributed by atoms with van der Waals surface area (Å²) in [4.78, 5) is 0. The second-order valence-electron chi connectivity index (χ2n) is 6.94. The first-order chi connectivity index (χ1) is 10.8. The molecule has 22 heavy (non-hydrogen) atoms. The molecule has 1 heterocycles. The van der Waals surface area contributed by atoms with Crippen LogP contribution in [0.25, 0.3) is 0 Å². The van der Waals surface area contributed by atoms with E-state index < -0.39 is 8.07 Å². The molecule has 1 fully saturated rings. The molecule has 0 bridgehead atoms. The van der Waals surface area contributed by atoms with Crippen molar-refractivity contribution in [3.8, 4) is 0 Å². The van der Waals surface area contributed by atoms with E-state index in [1.807, 2.05) is 0 Å². The maximum absolute atomic E-state index is 6.37. The molecule has 2 atom stereocenters. The molecule has 0 N–H and O–H groups in total. The van der Waals surface area contributed by atoms with Crippen LogP contribution in [0, 0.1) is 0 Å². The van der Waals surface area contributed by atoms with Gasteiger partial charge in [0, 0.05) is 6.61 Å². The Morgan fingerprint density at radius 1 is 0.955 bits per heavy atom. The monoisotopic (exact) mass is 318 g/mol. The van der Waals surface area contributed by atoms with Crippen LogP contribution in [0.15, 0.2) is 30.3 Å². The molecule has 0 radical (unpaired) electrons. The van der Waals surface area contributed by atoms with Crippen molar-refractivity contribution in [3.63, 3.8) is 0 Å². The van der Waals surface area contributed by atoms with Crippen LogP contribution in [-0.2, 0) is 4.74 Å². The number of hydrogen-bond donors (Lipinski definition) is 0. The zero-order chi connectivity index (χ0) is 15.7. The van der Waals surface area contributed by atoms with Gasteiger partial charge in [0.15, 0.2) is 0 Å². The molecule has 0 spiro atoms. The summed E-state index contributed by atoms with van der Waals surface area (Å²) in [6, 6.07) is 14.3. The van der Waals surface area contributed by atoms with Crippen molar-refractivity contribution in [2.75, 3.05) is 6.61 Å². The summed E-state index contributed by atoms with van der Waals surface area (Å²) in [7, 11) is -1.54. The summed E-state index contributed by atoms with van der Waals surface area (Å²) >= 11 is 0. The largest absolute Gasteiger partial charge is 0.381 e. The lowest BCUT2D eigenvalue weighted by atomic mass is 10.2. The van der Waals surface area contributed by atoms with Gasteiger partial charge in [-0.3, -0.25) is 0 Å². The molecule has 1 aliphatic heterocycles. The van der Waals surface area contributed by atoms with Gasteiger partial charge in [-0.25, -0.2) is 0 Å². The Labute approximate surface area is 138 Å². The maximum Gasteiger partial charge on any atom is 0.119 e. The molecule has 2 heteroatoms. The topological polar surface area (TPSA) is 9.23 Å². The third-order valence-corrected chi connectivity index (χ3v) is 11.1. The van der Waals surface area contributed by atoms with Gasteiger partial charge in [0.05, 0.1) is 5.73 Å². The van der Waals surface area contributed by atoms with Gasteiger partial charge in [0.1, 0.15) is 8.07 Å². The summed E-state index contributed by atoms with van der Waals surface area (Å²) in [5, 5.41) is 1.65. The predicted molar refractivity (Wildman–Crippen MR) is 99.5 cm³/mol. The van der Waals surface area contributed by atoms with Crippen molar-refractivity contribution in [2.45, 2.75) is 83.0 Å². The Morgan fingerprint density at radius 2 is 1.77 bits per heavy atom. The molecule has 0 aromatic heterocycles. The van der Waals surface area contributed by atoms with Gasteiger partial charge < -0.3 is 4.74 Å². The summed E-state index contributed by atoms with van der Waals surface area (Å²) in [5.41, 5.74) is 0.560. The molecule has 1 aromatic carbocycles. The third kappa shape index (κ3) is 4.45. The SMILES string of the molecule is CCCCCC[Si](CCC)(c1ccccc1)C1CCCCO1. The van der Waals surface area contributed by atoms with Crippen molar-refractivity contribution in [1.29, 1.82) is 0 Å². The number of hydrogen-bond acceptors (Lipinski definition) is 1. The molecular weight excluding hydrogens is 284 g/mol. The van der Waals surface area contributed by atoms with Crippen molar-refractivity contribution in [2.24, 2.45) is 0 Å². The van der Waals surface area contributed by atoms with Crippen LogP contribution < -0.4 is 5.19 Å². The average Bonchev–Trinajstić information content (AvgIpc) is 2.59. The van der Waals surface area contributed by atoms with E-state index in [9.17, 15) is 0 Å². The molecule has 2 unspecified atom stereocenters. The third-order valence-electron chi connectivity index (χ3n) is 5.32. The highest BCUT2D eigenvalue weighted by Gasteiger charge is 2.42. The average molecular weight is 319 g/mol. The molecule has 1 aromatic rings. The number of benzene rings is 1. The van der Waals surface area contributed by atoms with E-state index in [1.54, 1.807) is 5.19 Å². The Bertz CT molecular complexity index is 399. The fraction of sp³-hybridized carbons (Fsp3) is 0.700. The zero-order valence-corrected chi connectivity index (χ0v) is 15.7. The standard InChI is InChI=1S/C20H34OSi/c1-3-5-6-12-18-22(17-4-2,19-13-8-7-9-14-19)20-15-10-11-16-21-20/h7-9,13-14,20H,3-6,10-12,15-18H2,1-2H3. The van der Waals surface area contributed by atoms with Crippen LogP contribution in [0.5, 0.6) is 0 Å². The normalized spacial score (nSPS) is 21.5. The first kappa shape index (κ1) is 17.7. The highest BCUT2D eigenvalue weighted by Crippen LogP contribution is 2.32. The second kappa shape index (κ2) is 9.52. The van der Waals surface area contributed by atoms with Gasteiger partial charge in [-0.05, 0) is 19.3 Å². The first-order valence-electron chi connectivity index (χ1n) is 9.50. The number of rotatable bonds is 9. The highest BCUT2D eigenvalue weighted by molar-refractivity contribution is 6.93. The van der Waals surface area contributed by atoms with Crippen molar-refractivity contribution >= 4 is 13.3 Å². The van der Waals surface area contributed by atoms with Gasteiger partial charge in [0.2, 0.25) is 0 Å². The fourth-order valence-corrected chi connectivity index (χ4v) is 9.85. The minimum absolute atomic E-state index is 0.560. The van der Waals surface area contributed by atoms with E-state index in [1.165, 1.54) is 63.5 Å². The van der Waals surface area contributed by atoms with Crippen LogP contribution in [0.3, 0.4) is 0 Å². The van der Waals surface area contributed by atoms with E-state index in [0.717, 1.165) is 6.61 Å². The Balaban J connectivity index is 2.22. The molecule has 1 aliphatic rings. The maximum atomic E-state index is 6.37. The lowest BCUT2D eigenvalue weighted by Crippen LogP contribution is -2.59. The van der Waals surface area contributed by atoms with Gasteiger partial charge in [-0.1, -0.05) is 93.6 Å². The van der Waals surface area contributed by atoms with Gasteiger partial charge in [-0.15, -0.1) is 0 Å². The van der Waals surface area contributed by atoms with Crippen LogP contribution in [0.2, 0.25) is 12.1 Å². The summed E-state index contributed by atoms with van der Waals surface area (Å²) in [6.45, 7) is 5.66. The quantitative estimate of drug-likeness (QED) is 0.435. The molecule has 124 valence electrons. The molecule has 1 saturated heterocycles. The predicted octanol–water partition coefficient (Wildman–Crippen LogP) is 5.44. The second-order valence-corrected chi connectivity index (χ2v) is 11.5. The van der Waals surface area contributed by atoms with E-state index in [2.05, 4.69) is 44.2 Å². The lowest BCUT2D eigenvalue weighted by molar-refractivity contribution is 0.0598. The zero-order valence-electron chi connectivity index (χ0n) is 14.7. The van der Waals surface area contributed by atoms with Crippen molar-refractivity contribution in [1.82, 2.24) is 0 Å². The molecule has 0 saturated carbocycles. The Hall–Kier alpha value is -0.603. The summed E-state index contributed by atoms with van der Waals surface area (Å²) in [5.74, 6) is 0. The minimum Gasteiger partial charge on any atom is -0.381 e. The summed E-state index contributed by atoms with van der Waals surface area (Å²) < 4.78 is 6.37. The van der Waals surface area contributed by atoms with Gasteiger partial charge >= 0.3 is 0 Å². The van der Waals surface area contributed by atoms with E-state index >= 15 is 0 Å². The minimum atomic E-state index is -1.54. The number of ether oxygens (including phenoxy) is 1.